The van der Waals surface area contributed by atoms with Crippen LogP contribution in [0.1, 0.15) is 6.42 Å². The van der Waals surface area contributed by atoms with Crippen molar-refractivity contribution in [2.75, 3.05) is 47.8 Å². The molecule has 7 nitrogen and oxygen atoms in total. The number of hydrogen-bond acceptors (Lipinski definition) is 7. The topological polar surface area (TPSA) is 71.2 Å². The van der Waals surface area contributed by atoms with Crippen molar-refractivity contribution in [3.63, 3.8) is 0 Å². The van der Waals surface area contributed by atoms with E-state index in [1.165, 1.54) is 0 Å². The van der Waals surface area contributed by atoms with E-state index in [1.54, 1.807) is 21.3 Å². The predicted molar refractivity (Wildman–Crippen MR) is 71.4 cm³/mol. The Hall–Kier alpha value is -0.0631. The Morgan fingerprint density at radius 1 is 0.950 bits per heavy atom. The SMILES string of the molecule is CO[Si](CCC(OCC1CO1)OCC1CO1)(OC)OC. The molecule has 0 aromatic carbocycles. The van der Waals surface area contributed by atoms with Crippen LogP contribution in [-0.2, 0) is 32.2 Å². The highest BCUT2D eigenvalue weighted by Crippen LogP contribution is 2.21. The lowest BCUT2D eigenvalue weighted by molar-refractivity contribution is -0.149. The third-order valence-electron chi connectivity index (χ3n) is 3.36. The Balaban J connectivity index is 1.74. The van der Waals surface area contributed by atoms with E-state index in [9.17, 15) is 0 Å². The Bertz CT molecular complexity index is 255. The lowest BCUT2D eigenvalue weighted by Gasteiger charge is -2.26. The van der Waals surface area contributed by atoms with Crippen molar-refractivity contribution < 1.29 is 32.2 Å². The third kappa shape index (κ3) is 5.38. The molecule has 2 aliphatic heterocycles. The standard InChI is InChI=1S/C12H24O7Si/c1-13-20(14-2,15-3)5-4-12(18-8-10-6-16-10)19-9-11-7-17-11/h10-12H,4-9H2,1-3H3. The van der Waals surface area contributed by atoms with Crippen LogP contribution in [0.3, 0.4) is 0 Å². The number of ether oxygens (including phenoxy) is 4. The summed E-state index contributed by atoms with van der Waals surface area (Å²) >= 11 is 0. The minimum absolute atomic E-state index is 0.215. The molecule has 2 fully saturated rings. The van der Waals surface area contributed by atoms with E-state index < -0.39 is 8.80 Å². The van der Waals surface area contributed by atoms with Gasteiger partial charge in [0, 0.05) is 33.8 Å². The summed E-state index contributed by atoms with van der Waals surface area (Å²) in [5, 5.41) is 0. The molecule has 118 valence electrons. The fourth-order valence-electron chi connectivity index (χ4n) is 1.82. The minimum atomic E-state index is -2.58. The van der Waals surface area contributed by atoms with Crippen molar-refractivity contribution in [2.24, 2.45) is 0 Å². The van der Waals surface area contributed by atoms with Crippen molar-refractivity contribution in [3.8, 4) is 0 Å². The van der Waals surface area contributed by atoms with Crippen LogP contribution in [0, 0.1) is 0 Å². The van der Waals surface area contributed by atoms with E-state index in [4.69, 9.17) is 32.2 Å². The van der Waals surface area contributed by atoms with Gasteiger partial charge in [-0.15, -0.1) is 0 Å². The molecular formula is C12H24O7Si. The van der Waals surface area contributed by atoms with Crippen LogP contribution >= 0.6 is 0 Å². The summed E-state index contributed by atoms with van der Waals surface area (Å²) in [4.78, 5) is 0. The lowest BCUT2D eigenvalue weighted by Crippen LogP contribution is -2.43. The van der Waals surface area contributed by atoms with Crippen LogP contribution < -0.4 is 0 Å². The van der Waals surface area contributed by atoms with Crippen LogP contribution in [0.4, 0.5) is 0 Å². The quantitative estimate of drug-likeness (QED) is 0.294. The maximum absolute atomic E-state index is 5.73. The van der Waals surface area contributed by atoms with Crippen molar-refractivity contribution in [3.05, 3.63) is 0 Å². The predicted octanol–water partition coefficient (Wildman–Crippen LogP) is 0.412. The normalized spacial score (nSPS) is 26.6. The zero-order valence-electron chi connectivity index (χ0n) is 12.3. The van der Waals surface area contributed by atoms with Gasteiger partial charge in [-0.25, -0.2) is 0 Å². The average Bonchev–Trinajstić information content (AvgIpc) is 3.37. The second-order valence-corrected chi connectivity index (χ2v) is 7.93. The second-order valence-electron chi connectivity index (χ2n) is 4.84. The molecule has 0 saturated carbocycles. The first kappa shape index (κ1) is 16.3. The molecule has 2 heterocycles. The summed E-state index contributed by atoms with van der Waals surface area (Å²) in [6.45, 7) is 2.64. The van der Waals surface area contributed by atoms with Gasteiger partial charge in [-0.3, -0.25) is 0 Å². The Morgan fingerprint density at radius 2 is 1.40 bits per heavy atom. The second kappa shape index (κ2) is 7.81. The molecule has 20 heavy (non-hydrogen) atoms. The molecule has 2 atom stereocenters. The molecule has 0 aromatic heterocycles. The molecule has 0 aromatic rings. The van der Waals surface area contributed by atoms with Gasteiger partial charge in [-0.05, 0) is 0 Å². The fourth-order valence-corrected chi connectivity index (χ4v) is 3.53. The van der Waals surface area contributed by atoms with Gasteiger partial charge in [0.15, 0.2) is 6.29 Å². The summed E-state index contributed by atoms with van der Waals surface area (Å²) < 4.78 is 37.9. The largest absolute Gasteiger partial charge is 0.500 e. The van der Waals surface area contributed by atoms with Gasteiger partial charge in [0.25, 0.3) is 0 Å². The highest BCUT2D eigenvalue weighted by molar-refractivity contribution is 6.60. The fraction of sp³-hybridized carbons (Fsp3) is 1.00. The van der Waals surface area contributed by atoms with Gasteiger partial charge in [-0.1, -0.05) is 0 Å². The summed E-state index contributed by atoms with van der Waals surface area (Å²) in [7, 11) is 2.23. The molecule has 0 N–H and O–H groups in total. The molecule has 0 aliphatic carbocycles. The van der Waals surface area contributed by atoms with Gasteiger partial charge < -0.3 is 32.2 Å². The summed E-state index contributed by atoms with van der Waals surface area (Å²) in [6, 6.07) is 0.637. The van der Waals surface area contributed by atoms with Crippen molar-refractivity contribution in [2.45, 2.75) is 31.0 Å². The van der Waals surface area contributed by atoms with Gasteiger partial charge in [0.05, 0.1) is 26.4 Å². The van der Waals surface area contributed by atoms with E-state index >= 15 is 0 Å². The molecule has 2 aliphatic rings. The monoisotopic (exact) mass is 308 g/mol. The van der Waals surface area contributed by atoms with Gasteiger partial charge >= 0.3 is 8.80 Å². The number of rotatable bonds is 12. The number of epoxide rings is 2. The molecule has 2 unspecified atom stereocenters. The van der Waals surface area contributed by atoms with Crippen molar-refractivity contribution in [1.82, 2.24) is 0 Å². The Morgan fingerprint density at radius 3 is 1.75 bits per heavy atom. The smallest absolute Gasteiger partial charge is 0.377 e. The molecular weight excluding hydrogens is 284 g/mol. The minimum Gasteiger partial charge on any atom is -0.377 e. The first-order valence-electron chi connectivity index (χ1n) is 6.83. The molecule has 0 radical (unpaired) electrons. The average molecular weight is 308 g/mol. The highest BCUT2D eigenvalue weighted by atomic mass is 28.4. The van der Waals surface area contributed by atoms with Crippen LogP contribution in [-0.4, -0.2) is 75.1 Å². The van der Waals surface area contributed by atoms with E-state index in [1.807, 2.05) is 0 Å². The first-order valence-corrected chi connectivity index (χ1v) is 8.76. The zero-order chi connectivity index (χ0) is 14.4. The molecule has 2 rings (SSSR count). The molecule has 2 saturated heterocycles. The van der Waals surface area contributed by atoms with Crippen LogP contribution in [0.15, 0.2) is 0 Å². The molecule has 0 spiro atoms. The highest BCUT2D eigenvalue weighted by Gasteiger charge is 2.39. The van der Waals surface area contributed by atoms with E-state index in [0.29, 0.717) is 25.7 Å². The maximum atomic E-state index is 5.73. The van der Waals surface area contributed by atoms with Gasteiger partial charge in [-0.2, -0.15) is 0 Å². The van der Waals surface area contributed by atoms with E-state index in [2.05, 4.69) is 0 Å². The van der Waals surface area contributed by atoms with E-state index in [0.717, 1.165) is 13.2 Å². The summed E-state index contributed by atoms with van der Waals surface area (Å²) in [5.41, 5.74) is 0. The number of hydrogen-bond donors (Lipinski definition) is 0. The van der Waals surface area contributed by atoms with E-state index in [-0.39, 0.29) is 18.5 Å². The van der Waals surface area contributed by atoms with Crippen LogP contribution in [0.25, 0.3) is 0 Å². The zero-order valence-corrected chi connectivity index (χ0v) is 13.3. The summed E-state index contributed by atoms with van der Waals surface area (Å²) in [6.07, 6.45) is 0.775. The molecule has 0 amide bonds. The first-order chi connectivity index (χ1) is 9.71. The maximum Gasteiger partial charge on any atom is 0.500 e. The van der Waals surface area contributed by atoms with Crippen molar-refractivity contribution >= 4 is 8.80 Å². The van der Waals surface area contributed by atoms with Crippen molar-refractivity contribution in [1.29, 1.82) is 0 Å². The molecule has 0 bridgehead atoms. The third-order valence-corrected chi connectivity index (χ3v) is 6.13. The van der Waals surface area contributed by atoms with Gasteiger partial charge in [0.1, 0.15) is 12.2 Å². The van der Waals surface area contributed by atoms with Crippen LogP contribution in [0.5, 0.6) is 0 Å². The summed E-state index contributed by atoms with van der Waals surface area (Å²) in [5.74, 6) is 0. The van der Waals surface area contributed by atoms with Gasteiger partial charge in [0.2, 0.25) is 0 Å². The lowest BCUT2D eigenvalue weighted by atomic mass is 10.4. The Labute approximate surface area is 120 Å². The molecule has 8 heteroatoms. The van der Waals surface area contributed by atoms with Crippen LogP contribution in [0.2, 0.25) is 6.04 Å². The Kier molecular flexibility index (Phi) is 6.37.